The molecule has 1 heterocycles. The Bertz CT molecular complexity index is 1270. The van der Waals surface area contributed by atoms with Gasteiger partial charge < -0.3 is 14.2 Å². The van der Waals surface area contributed by atoms with E-state index in [1.807, 2.05) is 73.7 Å². The number of hydrogen-bond acceptors (Lipinski definition) is 6. The van der Waals surface area contributed by atoms with E-state index in [9.17, 15) is 4.79 Å². The maximum atomic E-state index is 13.3. The molecular weight excluding hydrogens is 484 g/mol. The summed E-state index contributed by atoms with van der Waals surface area (Å²) in [6, 6.07) is 23.7. The van der Waals surface area contributed by atoms with Crippen molar-refractivity contribution in [3.05, 3.63) is 94.4 Å². The standard InChI is InChI=1S/C30H32N2O4S/c1-4-35-27-19-23(14-15-26(27)36-21-24-11-8-10-22(2)18-24)20-28-29(33)32(16-9-17-34-3)30(37-28)31-25-12-6-5-7-13-25/h5-8,10-15,18-20H,4,9,16-17,21H2,1-3H3/b28-20-,31-30?. The smallest absolute Gasteiger partial charge is 0.266 e. The largest absolute Gasteiger partial charge is 0.490 e. The highest BCUT2D eigenvalue weighted by molar-refractivity contribution is 8.18. The van der Waals surface area contributed by atoms with Gasteiger partial charge in [-0.25, -0.2) is 4.99 Å². The second kappa shape index (κ2) is 13.1. The molecule has 1 saturated heterocycles. The fourth-order valence-corrected chi connectivity index (χ4v) is 4.91. The van der Waals surface area contributed by atoms with Crippen molar-refractivity contribution in [1.82, 2.24) is 4.90 Å². The number of nitrogens with zero attached hydrogens (tertiary/aromatic N) is 2. The Morgan fingerprint density at radius 1 is 0.973 bits per heavy atom. The Morgan fingerprint density at radius 2 is 1.81 bits per heavy atom. The molecule has 0 radical (unpaired) electrons. The summed E-state index contributed by atoms with van der Waals surface area (Å²) in [5.74, 6) is 1.26. The van der Waals surface area contributed by atoms with E-state index in [4.69, 9.17) is 19.2 Å². The Kier molecular flexibility index (Phi) is 9.40. The summed E-state index contributed by atoms with van der Waals surface area (Å²) in [5.41, 5.74) is 3.96. The number of carbonyl (C=O) groups excluding carboxylic acids is 1. The van der Waals surface area contributed by atoms with E-state index in [-0.39, 0.29) is 5.91 Å². The van der Waals surface area contributed by atoms with Crippen LogP contribution in [0.4, 0.5) is 5.69 Å². The lowest BCUT2D eigenvalue weighted by molar-refractivity contribution is -0.122. The van der Waals surface area contributed by atoms with Gasteiger partial charge in [-0.05, 0) is 73.5 Å². The van der Waals surface area contributed by atoms with Crippen molar-refractivity contribution in [1.29, 1.82) is 0 Å². The highest BCUT2D eigenvalue weighted by Gasteiger charge is 2.33. The first-order valence-electron chi connectivity index (χ1n) is 12.4. The molecule has 0 aromatic heterocycles. The van der Waals surface area contributed by atoms with E-state index < -0.39 is 0 Å². The fraction of sp³-hybridized carbons (Fsp3) is 0.267. The van der Waals surface area contributed by atoms with Crippen LogP contribution in [0.3, 0.4) is 0 Å². The molecule has 3 aromatic carbocycles. The molecule has 1 aliphatic heterocycles. The minimum Gasteiger partial charge on any atom is -0.490 e. The molecule has 37 heavy (non-hydrogen) atoms. The number of aliphatic imine (C=N–C) groups is 1. The molecule has 0 unspecified atom stereocenters. The van der Waals surface area contributed by atoms with Crippen LogP contribution in [-0.4, -0.2) is 42.8 Å². The van der Waals surface area contributed by atoms with Crippen LogP contribution in [0.5, 0.6) is 11.5 Å². The molecule has 0 aliphatic carbocycles. The SMILES string of the molecule is CCOc1cc(/C=C2\SC(=Nc3ccccc3)N(CCCOC)C2=O)ccc1OCc1cccc(C)c1. The van der Waals surface area contributed by atoms with E-state index in [0.717, 1.165) is 23.2 Å². The molecule has 0 spiro atoms. The zero-order chi connectivity index (χ0) is 26.0. The van der Waals surface area contributed by atoms with Gasteiger partial charge >= 0.3 is 0 Å². The fourth-order valence-electron chi connectivity index (χ4n) is 3.88. The first kappa shape index (κ1) is 26.5. The zero-order valence-corrected chi connectivity index (χ0v) is 22.3. The van der Waals surface area contributed by atoms with E-state index in [0.29, 0.717) is 47.9 Å². The lowest BCUT2D eigenvalue weighted by Crippen LogP contribution is -2.30. The Hall–Kier alpha value is -3.55. The highest BCUT2D eigenvalue weighted by atomic mass is 32.2. The number of hydrogen-bond donors (Lipinski definition) is 0. The van der Waals surface area contributed by atoms with E-state index in [2.05, 4.69) is 19.1 Å². The van der Waals surface area contributed by atoms with Gasteiger partial charge in [0.15, 0.2) is 16.7 Å². The number of amides is 1. The van der Waals surface area contributed by atoms with Gasteiger partial charge in [0.1, 0.15) is 6.61 Å². The maximum absolute atomic E-state index is 13.3. The van der Waals surface area contributed by atoms with Crippen molar-refractivity contribution in [3.8, 4) is 11.5 Å². The molecule has 192 valence electrons. The zero-order valence-electron chi connectivity index (χ0n) is 21.5. The number of rotatable bonds is 11. The van der Waals surface area contributed by atoms with Crippen LogP contribution >= 0.6 is 11.8 Å². The normalized spacial score (nSPS) is 15.5. The molecule has 1 aliphatic rings. The van der Waals surface area contributed by atoms with Gasteiger partial charge in [0.25, 0.3) is 5.91 Å². The summed E-state index contributed by atoms with van der Waals surface area (Å²) in [6.45, 7) is 6.08. The second-order valence-corrected chi connectivity index (χ2v) is 9.57. The van der Waals surface area contributed by atoms with E-state index in [1.54, 1.807) is 12.0 Å². The maximum Gasteiger partial charge on any atom is 0.266 e. The number of thioether (sulfide) groups is 1. The number of benzene rings is 3. The molecule has 7 heteroatoms. The molecule has 3 aromatic rings. The van der Waals surface area contributed by atoms with Crippen LogP contribution in [0.1, 0.15) is 30.0 Å². The molecule has 6 nitrogen and oxygen atoms in total. The van der Waals surface area contributed by atoms with Gasteiger partial charge in [0.05, 0.1) is 17.2 Å². The van der Waals surface area contributed by atoms with Crippen LogP contribution < -0.4 is 9.47 Å². The number of carbonyl (C=O) groups is 1. The molecule has 0 N–H and O–H groups in total. The van der Waals surface area contributed by atoms with E-state index in [1.165, 1.54) is 17.3 Å². The van der Waals surface area contributed by atoms with Crippen LogP contribution in [0.2, 0.25) is 0 Å². The van der Waals surface area contributed by atoms with Crippen molar-refractivity contribution in [2.45, 2.75) is 26.9 Å². The van der Waals surface area contributed by atoms with Crippen molar-refractivity contribution >= 4 is 34.6 Å². The number of ether oxygens (including phenoxy) is 3. The molecule has 4 rings (SSSR count). The summed E-state index contributed by atoms with van der Waals surface area (Å²) in [5, 5.41) is 0.668. The van der Waals surface area contributed by atoms with Gasteiger partial charge in [0.2, 0.25) is 0 Å². The number of para-hydroxylation sites is 1. The number of methoxy groups -OCH3 is 1. The summed E-state index contributed by atoms with van der Waals surface area (Å²) >= 11 is 1.38. The quantitative estimate of drug-likeness (QED) is 0.212. The minimum atomic E-state index is -0.0616. The molecule has 1 fully saturated rings. The van der Waals surface area contributed by atoms with Crippen molar-refractivity contribution < 1.29 is 19.0 Å². The van der Waals surface area contributed by atoms with Crippen LogP contribution in [-0.2, 0) is 16.1 Å². The Labute approximate surface area is 223 Å². The third-order valence-corrected chi connectivity index (χ3v) is 6.65. The summed E-state index contributed by atoms with van der Waals surface area (Å²) in [6.07, 6.45) is 2.61. The monoisotopic (exact) mass is 516 g/mol. The van der Waals surface area contributed by atoms with Crippen molar-refractivity contribution in [3.63, 3.8) is 0 Å². The topological polar surface area (TPSA) is 60.4 Å². The average Bonchev–Trinajstić information content (AvgIpc) is 3.18. The van der Waals surface area contributed by atoms with Gasteiger partial charge in [-0.15, -0.1) is 0 Å². The van der Waals surface area contributed by atoms with Crippen molar-refractivity contribution in [2.24, 2.45) is 4.99 Å². The third kappa shape index (κ3) is 7.24. The average molecular weight is 517 g/mol. The number of amidine groups is 1. The third-order valence-electron chi connectivity index (χ3n) is 5.64. The molecular formula is C30H32N2O4S. The minimum absolute atomic E-state index is 0.0616. The van der Waals surface area contributed by atoms with Crippen LogP contribution in [0, 0.1) is 6.92 Å². The van der Waals surface area contributed by atoms with Gasteiger partial charge in [-0.1, -0.05) is 54.1 Å². The molecule has 1 amide bonds. The summed E-state index contributed by atoms with van der Waals surface area (Å²) < 4.78 is 17.1. The second-order valence-electron chi connectivity index (χ2n) is 8.56. The molecule has 0 atom stereocenters. The van der Waals surface area contributed by atoms with Gasteiger partial charge in [-0.3, -0.25) is 9.69 Å². The Morgan fingerprint density at radius 3 is 2.57 bits per heavy atom. The van der Waals surface area contributed by atoms with Crippen LogP contribution in [0.25, 0.3) is 6.08 Å². The summed E-state index contributed by atoms with van der Waals surface area (Å²) in [4.78, 5) is 20.4. The lowest BCUT2D eigenvalue weighted by Gasteiger charge is -2.15. The van der Waals surface area contributed by atoms with Crippen LogP contribution in [0.15, 0.2) is 82.7 Å². The summed E-state index contributed by atoms with van der Waals surface area (Å²) in [7, 11) is 1.66. The van der Waals surface area contributed by atoms with E-state index >= 15 is 0 Å². The van der Waals surface area contributed by atoms with Gasteiger partial charge in [0, 0.05) is 20.3 Å². The predicted octanol–water partition coefficient (Wildman–Crippen LogP) is 6.61. The van der Waals surface area contributed by atoms with Crippen molar-refractivity contribution in [2.75, 3.05) is 26.9 Å². The number of aryl methyl sites for hydroxylation is 1. The molecule has 0 saturated carbocycles. The lowest BCUT2D eigenvalue weighted by atomic mass is 10.1. The Balaban J connectivity index is 1.56. The first-order valence-corrected chi connectivity index (χ1v) is 13.2. The molecule has 0 bridgehead atoms. The van der Waals surface area contributed by atoms with Gasteiger partial charge in [-0.2, -0.15) is 0 Å². The first-order chi connectivity index (χ1) is 18.1. The predicted molar refractivity (Wildman–Crippen MR) is 150 cm³/mol. The highest BCUT2D eigenvalue weighted by Crippen LogP contribution is 2.36.